The number of alkyl halides is 5. The fraction of sp³-hybridized carbons (Fsp3) is 0.407. The molecule has 2 N–H and O–H groups in total. The lowest BCUT2D eigenvalue weighted by molar-refractivity contribution is -0.138. The van der Waals surface area contributed by atoms with Crippen LogP contribution in [0.3, 0.4) is 0 Å². The number of hydrogen-bond donors (Lipinski definition) is 2. The molecule has 40 heavy (non-hydrogen) atoms. The molecule has 2 saturated carbocycles. The van der Waals surface area contributed by atoms with E-state index in [1.165, 1.54) is 12.1 Å². The summed E-state index contributed by atoms with van der Waals surface area (Å²) in [5, 5.41) is 2.53. The maximum Gasteiger partial charge on any atom is 0.416 e. The summed E-state index contributed by atoms with van der Waals surface area (Å²) in [6, 6.07) is 1.84. The first-order chi connectivity index (χ1) is 18.9. The molecule has 2 fully saturated rings. The van der Waals surface area contributed by atoms with Crippen molar-refractivity contribution in [3.8, 4) is 0 Å². The first-order valence-electron chi connectivity index (χ1n) is 12.8. The fourth-order valence-corrected chi connectivity index (χ4v) is 5.00. The van der Waals surface area contributed by atoms with Gasteiger partial charge in [-0.15, -0.1) is 0 Å². The van der Waals surface area contributed by atoms with Crippen molar-refractivity contribution in [2.75, 3.05) is 4.90 Å². The Morgan fingerprint density at radius 3 is 2.38 bits per heavy atom. The van der Waals surface area contributed by atoms with Crippen LogP contribution >= 0.6 is 0 Å². The highest BCUT2D eigenvalue weighted by Crippen LogP contribution is 2.43. The van der Waals surface area contributed by atoms with E-state index in [4.69, 9.17) is 0 Å². The van der Waals surface area contributed by atoms with Crippen LogP contribution < -0.4 is 10.2 Å². The summed E-state index contributed by atoms with van der Waals surface area (Å²) in [6.07, 6.45) is -0.597. The molecule has 0 spiro atoms. The van der Waals surface area contributed by atoms with Crippen molar-refractivity contribution in [3.63, 3.8) is 0 Å². The van der Waals surface area contributed by atoms with E-state index in [9.17, 15) is 31.5 Å². The van der Waals surface area contributed by atoms with Crippen molar-refractivity contribution in [1.29, 1.82) is 0 Å². The molecule has 13 heteroatoms. The molecule has 0 radical (unpaired) electrons. The predicted octanol–water partition coefficient (Wildman–Crippen LogP) is 5.92. The lowest BCUT2D eigenvalue weighted by Gasteiger charge is -2.35. The number of aromatic nitrogens is 3. The number of nitrogens with zero attached hydrogens (tertiary/aromatic N) is 3. The quantitative estimate of drug-likeness (QED) is 0.348. The summed E-state index contributed by atoms with van der Waals surface area (Å²) in [5.41, 5.74) is -1.94. The topological polar surface area (TPSA) is 91.0 Å². The van der Waals surface area contributed by atoms with Crippen molar-refractivity contribution in [2.24, 2.45) is 0 Å². The van der Waals surface area contributed by atoms with E-state index in [2.05, 4.69) is 20.3 Å². The molecule has 0 aliphatic heterocycles. The molecule has 1 atom stereocenters. The standard InChI is InChI=1S/C27H25F6N5O2/c28-20-11-16(15-1-2-15)3-4-22(20)38(25(40)21-13-35-14-36-21)23(18-12-34-10-7-19(18)27(31,32)33)24(39)37-17-5-8-26(29,30)9-6-17/h3-4,7,10-15,17,23H,1-2,5-6,8-9H2,(H,35,36)(H,37,39). The molecule has 2 heterocycles. The third kappa shape index (κ3) is 5.82. The highest BCUT2D eigenvalue weighted by atomic mass is 19.4. The number of rotatable bonds is 7. The monoisotopic (exact) mass is 565 g/mol. The van der Waals surface area contributed by atoms with Gasteiger partial charge in [-0.1, -0.05) is 6.07 Å². The van der Waals surface area contributed by atoms with Gasteiger partial charge in [0.1, 0.15) is 17.6 Å². The Kier molecular flexibility index (Phi) is 7.32. The number of amides is 2. The van der Waals surface area contributed by atoms with Crippen molar-refractivity contribution in [2.45, 2.75) is 68.6 Å². The summed E-state index contributed by atoms with van der Waals surface area (Å²) in [6.45, 7) is 0. The molecule has 1 aromatic carbocycles. The van der Waals surface area contributed by atoms with Gasteiger partial charge in [0.2, 0.25) is 11.8 Å². The van der Waals surface area contributed by atoms with Crippen LogP contribution in [0.1, 0.15) is 77.7 Å². The summed E-state index contributed by atoms with van der Waals surface area (Å²) < 4.78 is 85.5. The number of nitrogens with one attached hydrogen (secondary N) is 2. The molecule has 2 amide bonds. The Bertz CT molecular complexity index is 1380. The Labute approximate surface area is 225 Å². The van der Waals surface area contributed by atoms with E-state index in [-0.39, 0.29) is 24.5 Å². The molecule has 0 bridgehead atoms. The van der Waals surface area contributed by atoms with Gasteiger partial charge in [0.15, 0.2) is 0 Å². The number of anilines is 1. The maximum absolute atomic E-state index is 15.6. The fourth-order valence-electron chi connectivity index (χ4n) is 5.00. The Morgan fingerprint density at radius 2 is 1.77 bits per heavy atom. The lowest BCUT2D eigenvalue weighted by Crippen LogP contribution is -2.49. The van der Waals surface area contributed by atoms with Crippen molar-refractivity contribution in [3.05, 3.63) is 77.4 Å². The second-order valence-corrected chi connectivity index (χ2v) is 10.1. The number of aromatic amines is 1. The number of benzene rings is 1. The molecule has 2 aromatic heterocycles. The average molecular weight is 566 g/mol. The van der Waals surface area contributed by atoms with Crippen LogP contribution in [-0.2, 0) is 11.0 Å². The van der Waals surface area contributed by atoms with Crippen molar-refractivity contribution in [1.82, 2.24) is 20.3 Å². The predicted molar refractivity (Wildman–Crippen MR) is 131 cm³/mol. The summed E-state index contributed by atoms with van der Waals surface area (Å²) in [5.74, 6) is -5.80. The molecule has 1 unspecified atom stereocenters. The minimum absolute atomic E-state index is 0.121. The molecule has 0 saturated heterocycles. The number of halogens is 6. The van der Waals surface area contributed by atoms with Crippen LogP contribution in [0, 0.1) is 5.82 Å². The van der Waals surface area contributed by atoms with Gasteiger partial charge in [0.25, 0.3) is 5.91 Å². The molecule has 212 valence electrons. The zero-order valence-electron chi connectivity index (χ0n) is 21.0. The smallest absolute Gasteiger partial charge is 0.351 e. The first kappa shape index (κ1) is 27.7. The SMILES string of the molecule is O=C(NC1CCC(F)(F)CC1)C(c1cnccc1C(F)(F)F)N(C(=O)c1cnc[nH]1)c1ccc(C2CC2)cc1F. The summed E-state index contributed by atoms with van der Waals surface area (Å²) in [4.78, 5) is 38.3. The number of H-pyrrole nitrogens is 1. The zero-order chi connectivity index (χ0) is 28.7. The van der Waals surface area contributed by atoms with E-state index in [1.807, 2.05) is 0 Å². The second kappa shape index (κ2) is 10.6. The van der Waals surface area contributed by atoms with Crippen LogP contribution in [0.15, 0.2) is 49.2 Å². The number of imidazole rings is 1. The van der Waals surface area contributed by atoms with E-state index >= 15 is 4.39 Å². The normalized spacial score (nSPS) is 18.2. The molecule has 2 aliphatic rings. The lowest BCUT2D eigenvalue weighted by atomic mass is 9.91. The Morgan fingerprint density at radius 1 is 1.05 bits per heavy atom. The van der Waals surface area contributed by atoms with Gasteiger partial charge >= 0.3 is 6.18 Å². The highest BCUT2D eigenvalue weighted by Gasteiger charge is 2.44. The number of carbonyl (C=O) groups is 2. The molecular weight excluding hydrogens is 540 g/mol. The van der Waals surface area contributed by atoms with E-state index in [0.717, 1.165) is 37.8 Å². The van der Waals surface area contributed by atoms with E-state index < -0.39 is 71.5 Å². The van der Waals surface area contributed by atoms with Crippen LogP contribution in [0.5, 0.6) is 0 Å². The molecule has 3 aromatic rings. The van der Waals surface area contributed by atoms with Crippen molar-refractivity contribution < 1.29 is 35.9 Å². The minimum atomic E-state index is -4.96. The Hall–Kier alpha value is -3.90. The van der Waals surface area contributed by atoms with Gasteiger partial charge in [-0.2, -0.15) is 13.2 Å². The van der Waals surface area contributed by atoms with Gasteiger partial charge in [0.05, 0.1) is 23.8 Å². The van der Waals surface area contributed by atoms with Gasteiger partial charge in [-0.3, -0.25) is 19.5 Å². The number of hydrogen-bond acceptors (Lipinski definition) is 4. The maximum atomic E-state index is 15.6. The van der Waals surface area contributed by atoms with Crippen molar-refractivity contribution >= 4 is 17.5 Å². The first-order valence-corrected chi connectivity index (χ1v) is 12.8. The minimum Gasteiger partial charge on any atom is -0.351 e. The largest absolute Gasteiger partial charge is 0.416 e. The van der Waals surface area contributed by atoms with Crippen LogP contribution in [0.4, 0.5) is 32.0 Å². The van der Waals surface area contributed by atoms with E-state index in [0.29, 0.717) is 16.5 Å². The molecule has 7 nitrogen and oxygen atoms in total. The average Bonchev–Trinajstić information content (AvgIpc) is 3.61. The highest BCUT2D eigenvalue weighted by molar-refractivity contribution is 6.09. The second-order valence-electron chi connectivity index (χ2n) is 10.1. The molecule has 2 aliphatic carbocycles. The summed E-state index contributed by atoms with van der Waals surface area (Å²) in [7, 11) is 0. The molecular formula is C27H25F6N5O2. The van der Waals surface area contributed by atoms with Gasteiger partial charge < -0.3 is 10.3 Å². The van der Waals surface area contributed by atoms with E-state index in [1.54, 1.807) is 6.07 Å². The third-order valence-corrected chi connectivity index (χ3v) is 7.25. The number of carbonyl (C=O) groups excluding carboxylic acids is 2. The number of pyridine rings is 1. The van der Waals surface area contributed by atoms with Crippen LogP contribution in [0.25, 0.3) is 0 Å². The van der Waals surface area contributed by atoms with Crippen LogP contribution in [-0.4, -0.2) is 38.7 Å². The zero-order valence-corrected chi connectivity index (χ0v) is 21.0. The van der Waals surface area contributed by atoms with Gasteiger partial charge in [-0.25, -0.2) is 18.2 Å². The summed E-state index contributed by atoms with van der Waals surface area (Å²) >= 11 is 0. The third-order valence-electron chi connectivity index (χ3n) is 7.25. The Balaban J connectivity index is 1.63. The molecule has 5 rings (SSSR count). The van der Waals surface area contributed by atoms with Crippen LogP contribution in [0.2, 0.25) is 0 Å². The van der Waals surface area contributed by atoms with Gasteiger partial charge in [0, 0.05) is 36.8 Å². The van der Waals surface area contributed by atoms with Gasteiger partial charge in [-0.05, 0) is 55.4 Å².